The van der Waals surface area contributed by atoms with Crippen LogP contribution in [-0.2, 0) is 26.4 Å². The number of piperidine rings is 1. The molecule has 8 heteroatoms. The van der Waals surface area contributed by atoms with E-state index in [2.05, 4.69) is 37.1 Å². The van der Waals surface area contributed by atoms with E-state index in [0.29, 0.717) is 13.0 Å². The zero-order valence-corrected chi connectivity index (χ0v) is 29.9. The molecule has 3 aromatic rings. The summed E-state index contributed by atoms with van der Waals surface area (Å²) in [5.41, 5.74) is 6.24. The molecule has 1 fully saturated rings. The number of rotatable bonds is 12. The molecule has 1 aliphatic rings. The van der Waals surface area contributed by atoms with Gasteiger partial charge >= 0.3 is 5.97 Å². The molecule has 250 valence electrons. The van der Waals surface area contributed by atoms with Gasteiger partial charge in [0.25, 0.3) is 0 Å². The molecule has 0 saturated carbocycles. The molecule has 0 amide bonds. The number of thioether (sulfide) groups is 1. The van der Waals surface area contributed by atoms with Gasteiger partial charge in [0, 0.05) is 42.1 Å². The zero-order valence-electron chi connectivity index (χ0n) is 29.0. The van der Waals surface area contributed by atoms with Crippen LogP contribution < -0.4 is 9.64 Å². The van der Waals surface area contributed by atoms with Crippen molar-refractivity contribution in [2.75, 3.05) is 30.9 Å². The quantitative estimate of drug-likeness (QED) is 0.181. The van der Waals surface area contributed by atoms with Gasteiger partial charge < -0.3 is 19.1 Å². The summed E-state index contributed by atoms with van der Waals surface area (Å²) in [6.07, 6.45) is 3.62. The lowest BCUT2D eigenvalue weighted by molar-refractivity contribution is -0.171. The Balaban J connectivity index is 1.81. The average molecular weight is 651 g/mol. The van der Waals surface area contributed by atoms with Crippen LogP contribution in [-0.4, -0.2) is 48.6 Å². The summed E-state index contributed by atoms with van der Waals surface area (Å²) in [7, 11) is 0. The second kappa shape index (κ2) is 15.2. The Bertz CT molecular complexity index is 1460. The third-order valence-corrected chi connectivity index (χ3v) is 8.76. The number of anilines is 1. The first-order valence-corrected chi connectivity index (χ1v) is 17.7. The molecule has 0 unspecified atom stereocenters. The van der Waals surface area contributed by atoms with Crippen LogP contribution in [0, 0.1) is 18.2 Å². The number of aromatic nitrogens is 1. The molecule has 2 aromatic carbocycles. The number of carbonyl (C=O) groups excluding carboxylic acids is 1. The Hall–Kier alpha value is -3.10. The van der Waals surface area contributed by atoms with Crippen molar-refractivity contribution >= 4 is 23.4 Å². The number of esters is 1. The van der Waals surface area contributed by atoms with E-state index in [9.17, 15) is 9.18 Å². The van der Waals surface area contributed by atoms with Crippen LogP contribution in [0.15, 0.2) is 48.5 Å². The fourth-order valence-electron chi connectivity index (χ4n) is 5.81. The molecule has 2 heterocycles. The molecule has 0 bridgehead atoms. The first kappa shape index (κ1) is 35.7. The van der Waals surface area contributed by atoms with Gasteiger partial charge in [0.15, 0.2) is 6.10 Å². The Labute approximate surface area is 279 Å². The number of pyridine rings is 1. The predicted molar refractivity (Wildman–Crippen MR) is 187 cm³/mol. The number of aryl methyl sites for hydroxylation is 1. The van der Waals surface area contributed by atoms with Gasteiger partial charge in [0.2, 0.25) is 0 Å². The molecule has 1 saturated heterocycles. The lowest BCUT2D eigenvalue weighted by atomic mass is 9.81. The van der Waals surface area contributed by atoms with E-state index in [1.165, 1.54) is 12.1 Å². The Morgan fingerprint density at radius 1 is 1.04 bits per heavy atom. The van der Waals surface area contributed by atoms with Crippen molar-refractivity contribution in [3.63, 3.8) is 0 Å². The maximum atomic E-state index is 13.8. The molecule has 1 atom stereocenters. The van der Waals surface area contributed by atoms with Gasteiger partial charge in [0.05, 0.1) is 29.7 Å². The molecule has 0 aliphatic carbocycles. The van der Waals surface area contributed by atoms with E-state index in [1.807, 2.05) is 53.7 Å². The van der Waals surface area contributed by atoms with E-state index < -0.39 is 17.7 Å². The van der Waals surface area contributed by atoms with Crippen LogP contribution in [0.1, 0.15) is 89.9 Å². The van der Waals surface area contributed by atoms with Crippen LogP contribution in [0.2, 0.25) is 0 Å². The van der Waals surface area contributed by atoms with Crippen molar-refractivity contribution in [1.82, 2.24) is 4.98 Å². The molecular weight excluding hydrogens is 599 g/mol. The molecular formula is C38H51FN2O4S. The van der Waals surface area contributed by atoms with E-state index in [1.54, 1.807) is 23.9 Å². The van der Waals surface area contributed by atoms with Gasteiger partial charge in [-0.2, -0.15) is 11.8 Å². The monoisotopic (exact) mass is 650 g/mol. The van der Waals surface area contributed by atoms with Crippen molar-refractivity contribution < 1.29 is 23.4 Å². The van der Waals surface area contributed by atoms with Gasteiger partial charge in [-0.3, -0.25) is 4.98 Å². The summed E-state index contributed by atoms with van der Waals surface area (Å²) in [5, 5.41) is 0. The summed E-state index contributed by atoms with van der Waals surface area (Å²) in [5.74, 6) is 0.839. The van der Waals surface area contributed by atoms with Gasteiger partial charge in [-0.15, -0.1) is 0 Å². The molecule has 6 nitrogen and oxygen atoms in total. The largest absolute Gasteiger partial charge is 0.493 e. The molecule has 0 N–H and O–H groups in total. The molecule has 1 aliphatic heterocycles. The van der Waals surface area contributed by atoms with Crippen LogP contribution >= 0.6 is 11.8 Å². The third-order valence-electron chi connectivity index (χ3n) is 8.20. The number of halogens is 1. The molecule has 4 rings (SSSR count). The van der Waals surface area contributed by atoms with Gasteiger partial charge in [-0.05, 0) is 101 Å². The summed E-state index contributed by atoms with van der Waals surface area (Å²) >= 11 is 1.73. The number of ether oxygens (including phenoxy) is 3. The predicted octanol–water partition coefficient (Wildman–Crippen LogP) is 9.11. The van der Waals surface area contributed by atoms with Crippen molar-refractivity contribution in [1.29, 1.82) is 0 Å². The van der Waals surface area contributed by atoms with E-state index in [0.717, 1.165) is 76.8 Å². The Morgan fingerprint density at radius 3 is 2.24 bits per heavy atom. The van der Waals surface area contributed by atoms with Crippen molar-refractivity contribution in [3.8, 4) is 16.9 Å². The summed E-state index contributed by atoms with van der Waals surface area (Å²) in [6, 6.07) is 14.7. The standard InChI is InChI=1S/C38H51FN2O4S/c1-25(2)44-36(42)35(45-37(4,5)6)32-26(3)40-31(24-46-9)33(34(32)41-21-19-38(7,8)20-22-41)28-12-16-30(17-13-28)43-23-18-27-10-14-29(39)15-11-27/h10-17,25,35H,18-24H2,1-9H3/t35-/m0/s1. The fourth-order valence-corrected chi connectivity index (χ4v) is 6.29. The maximum absolute atomic E-state index is 13.8. The summed E-state index contributed by atoms with van der Waals surface area (Å²) in [4.78, 5) is 21.4. The number of nitrogens with zero attached hydrogens (tertiary/aromatic N) is 2. The van der Waals surface area contributed by atoms with Crippen LogP contribution in [0.4, 0.5) is 10.1 Å². The first-order valence-electron chi connectivity index (χ1n) is 16.3. The SMILES string of the molecule is CSCc1nc(C)c([C@H](OC(C)(C)C)C(=O)OC(C)C)c(N2CCC(C)(C)CC2)c1-c1ccc(OCCc2ccc(F)cc2)cc1. The minimum Gasteiger partial charge on any atom is -0.493 e. The Morgan fingerprint density at radius 2 is 1.67 bits per heavy atom. The van der Waals surface area contributed by atoms with E-state index in [4.69, 9.17) is 19.2 Å². The van der Waals surface area contributed by atoms with Crippen LogP contribution in [0.5, 0.6) is 5.75 Å². The maximum Gasteiger partial charge on any atom is 0.340 e. The molecule has 0 radical (unpaired) electrons. The highest BCUT2D eigenvalue weighted by Crippen LogP contribution is 2.46. The molecule has 46 heavy (non-hydrogen) atoms. The fraction of sp³-hybridized carbons (Fsp3) is 0.526. The third kappa shape index (κ3) is 9.47. The lowest BCUT2D eigenvalue weighted by Crippen LogP contribution is -2.39. The highest BCUT2D eigenvalue weighted by molar-refractivity contribution is 7.97. The average Bonchev–Trinajstić information content (AvgIpc) is 2.97. The first-order chi connectivity index (χ1) is 21.7. The second-order valence-electron chi connectivity index (χ2n) is 14.2. The summed E-state index contributed by atoms with van der Waals surface area (Å²) in [6.45, 7) is 18.5. The van der Waals surface area contributed by atoms with Crippen LogP contribution in [0.25, 0.3) is 11.1 Å². The number of hydrogen-bond donors (Lipinski definition) is 0. The second-order valence-corrected chi connectivity index (χ2v) is 15.1. The molecule has 1 aromatic heterocycles. The van der Waals surface area contributed by atoms with Gasteiger partial charge in [-0.25, -0.2) is 9.18 Å². The van der Waals surface area contributed by atoms with Gasteiger partial charge in [-0.1, -0.05) is 38.1 Å². The highest BCUT2D eigenvalue weighted by Gasteiger charge is 2.38. The summed E-state index contributed by atoms with van der Waals surface area (Å²) < 4.78 is 31.7. The van der Waals surface area contributed by atoms with Crippen molar-refractivity contribution in [2.24, 2.45) is 5.41 Å². The lowest BCUT2D eigenvalue weighted by Gasteiger charge is -2.41. The molecule has 0 spiro atoms. The van der Waals surface area contributed by atoms with Gasteiger partial charge in [0.1, 0.15) is 11.6 Å². The minimum absolute atomic E-state index is 0.240. The number of benzene rings is 2. The Kier molecular flexibility index (Phi) is 11.8. The number of carbonyl (C=O) groups is 1. The van der Waals surface area contributed by atoms with Crippen LogP contribution in [0.3, 0.4) is 0 Å². The minimum atomic E-state index is -0.934. The van der Waals surface area contributed by atoms with E-state index >= 15 is 0 Å². The van der Waals surface area contributed by atoms with Crippen molar-refractivity contribution in [2.45, 2.75) is 98.2 Å². The smallest absolute Gasteiger partial charge is 0.340 e. The number of hydrogen-bond acceptors (Lipinski definition) is 7. The normalized spacial score (nSPS) is 15.6. The van der Waals surface area contributed by atoms with Crippen molar-refractivity contribution in [3.05, 3.63) is 76.9 Å². The highest BCUT2D eigenvalue weighted by atomic mass is 32.2. The zero-order chi connectivity index (χ0) is 33.6. The topological polar surface area (TPSA) is 60.9 Å². The van der Waals surface area contributed by atoms with E-state index in [-0.39, 0.29) is 17.3 Å².